The lowest BCUT2D eigenvalue weighted by atomic mass is 10.00. The summed E-state index contributed by atoms with van der Waals surface area (Å²) in [6, 6.07) is 20.5. The number of aryl methyl sites for hydroxylation is 3. The first-order valence-corrected chi connectivity index (χ1v) is 11.8. The lowest BCUT2D eigenvalue weighted by Gasteiger charge is -2.14. The second-order valence-electron chi connectivity index (χ2n) is 8.07. The van der Waals surface area contributed by atoms with Crippen LogP contribution in [0.1, 0.15) is 34.0 Å². The molecule has 0 aliphatic rings. The van der Waals surface area contributed by atoms with Crippen LogP contribution in [0, 0.1) is 20.8 Å². The summed E-state index contributed by atoms with van der Waals surface area (Å²) in [5.41, 5.74) is 5.66. The predicted molar refractivity (Wildman–Crippen MR) is 129 cm³/mol. The number of Topliss-reactive ketones (excluding diaryl/α,β-unsaturated/α-hetero) is 1. The molecule has 3 aromatic carbocycles. The highest BCUT2D eigenvalue weighted by molar-refractivity contribution is 7.92. The van der Waals surface area contributed by atoms with Gasteiger partial charge in [0.1, 0.15) is 5.82 Å². The molecule has 0 atom stereocenters. The number of nitrogens with zero attached hydrogens (tertiary/aromatic N) is 1. The highest BCUT2D eigenvalue weighted by Crippen LogP contribution is 2.27. The maximum absolute atomic E-state index is 13.0. The second kappa shape index (κ2) is 8.20. The van der Waals surface area contributed by atoms with Crippen LogP contribution < -0.4 is 4.72 Å². The number of nitrogens with one attached hydrogen (secondary N) is 1. The Labute approximate surface area is 188 Å². The zero-order chi connectivity index (χ0) is 23.0. The summed E-state index contributed by atoms with van der Waals surface area (Å²) < 4.78 is 28.7. The number of anilines is 1. The molecule has 0 saturated heterocycles. The molecule has 5 nitrogen and oxygen atoms in total. The number of pyridine rings is 1. The van der Waals surface area contributed by atoms with Crippen LogP contribution in [0.4, 0.5) is 5.82 Å². The van der Waals surface area contributed by atoms with Crippen molar-refractivity contribution < 1.29 is 13.2 Å². The molecule has 0 saturated carbocycles. The Morgan fingerprint density at radius 2 is 1.53 bits per heavy atom. The normalized spacial score (nSPS) is 11.5. The quantitative estimate of drug-likeness (QED) is 0.393. The molecule has 0 aliphatic heterocycles. The first-order valence-electron chi connectivity index (χ1n) is 10.3. The molecular weight excluding hydrogens is 420 g/mol. The fourth-order valence-electron chi connectivity index (χ4n) is 4.06. The molecule has 1 N–H and O–H groups in total. The molecule has 0 unspecified atom stereocenters. The van der Waals surface area contributed by atoms with Crippen molar-refractivity contribution in [3.8, 4) is 11.1 Å². The number of hydrogen-bond donors (Lipinski definition) is 1. The van der Waals surface area contributed by atoms with Crippen molar-refractivity contribution in [2.24, 2.45) is 0 Å². The minimum absolute atomic E-state index is 0.0188. The van der Waals surface area contributed by atoms with Crippen molar-refractivity contribution in [3.63, 3.8) is 0 Å². The number of aromatic nitrogens is 1. The average Bonchev–Trinajstić information content (AvgIpc) is 2.72. The number of carbonyl (C=O) groups excluding carboxylic acids is 1. The monoisotopic (exact) mass is 444 g/mol. The zero-order valence-corrected chi connectivity index (χ0v) is 19.2. The number of hydrogen-bond acceptors (Lipinski definition) is 4. The predicted octanol–water partition coefficient (Wildman–Crippen LogP) is 5.83. The summed E-state index contributed by atoms with van der Waals surface area (Å²) in [6.45, 7) is 7.08. The van der Waals surface area contributed by atoms with Crippen LogP contribution >= 0.6 is 0 Å². The van der Waals surface area contributed by atoms with Crippen LogP contribution in [0.15, 0.2) is 71.6 Å². The molecule has 162 valence electrons. The van der Waals surface area contributed by atoms with Crippen LogP contribution in [0.3, 0.4) is 0 Å². The molecule has 1 heterocycles. The standard InChI is InChI=1S/C26H24N2O3S/c1-16-12-17(2)26(18(3)13-16)32(30,31)28-25-11-9-23-15-22(8-10-24(23)27-25)21-7-5-6-20(14-21)19(4)29/h5-15H,1-4H3,(H,27,28). The van der Waals surface area contributed by atoms with E-state index in [1.54, 1.807) is 32.9 Å². The van der Waals surface area contributed by atoms with Crippen LogP contribution in [0.5, 0.6) is 0 Å². The molecule has 0 amide bonds. The van der Waals surface area contributed by atoms with E-state index in [9.17, 15) is 13.2 Å². The molecule has 6 heteroatoms. The van der Waals surface area contributed by atoms with Crippen molar-refractivity contribution in [2.75, 3.05) is 4.72 Å². The lowest BCUT2D eigenvalue weighted by Crippen LogP contribution is -2.16. The van der Waals surface area contributed by atoms with E-state index in [0.717, 1.165) is 22.1 Å². The fourth-order valence-corrected chi connectivity index (χ4v) is 5.52. The van der Waals surface area contributed by atoms with E-state index in [2.05, 4.69) is 9.71 Å². The van der Waals surface area contributed by atoms with E-state index in [1.807, 2.05) is 61.5 Å². The van der Waals surface area contributed by atoms with Crippen molar-refractivity contribution in [3.05, 3.63) is 89.0 Å². The van der Waals surface area contributed by atoms with Gasteiger partial charge in [0.15, 0.2) is 5.78 Å². The van der Waals surface area contributed by atoms with Crippen molar-refractivity contribution in [2.45, 2.75) is 32.6 Å². The van der Waals surface area contributed by atoms with Gasteiger partial charge in [-0.25, -0.2) is 13.4 Å². The molecule has 4 aromatic rings. The SMILES string of the molecule is CC(=O)c1cccc(-c2ccc3nc(NS(=O)(=O)c4c(C)cc(C)cc4C)ccc3c2)c1. The molecule has 0 bridgehead atoms. The van der Waals surface area contributed by atoms with Gasteiger partial charge in [0, 0.05) is 10.9 Å². The molecule has 4 rings (SSSR count). The largest absolute Gasteiger partial charge is 0.295 e. The average molecular weight is 445 g/mol. The van der Waals surface area contributed by atoms with E-state index in [-0.39, 0.29) is 16.5 Å². The van der Waals surface area contributed by atoms with Crippen molar-refractivity contribution in [1.29, 1.82) is 0 Å². The Morgan fingerprint density at radius 3 is 2.22 bits per heavy atom. The number of benzene rings is 3. The highest BCUT2D eigenvalue weighted by atomic mass is 32.2. The number of carbonyl (C=O) groups is 1. The molecule has 1 aromatic heterocycles. The summed E-state index contributed by atoms with van der Waals surface area (Å²) in [5, 5.41) is 0.876. The van der Waals surface area contributed by atoms with E-state index in [1.165, 1.54) is 0 Å². The number of fused-ring (bicyclic) bond motifs is 1. The van der Waals surface area contributed by atoms with Gasteiger partial charge >= 0.3 is 0 Å². The van der Waals surface area contributed by atoms with Gasteiger partial charge in [-0.05, 0) is 80.3 Å². The van der Waals surface area contributed by atoms with Crippen molar-refractivity contribution >= 4 is 32.5 Å². The summed E-state index contributed by atoms with van der Waals surface area (Å²) in [6.07, 6.45) is 0. The molecule has 0 spiro atoms. The zero-order valence-electron chi connectivity index (χ0n) is 18.4. The van der Waals surface area contributed by atoms with Crippen LogP contribution in [-0.4, -0.2) is 19.2 Å². The van der Waals surface area contributed by atoms with Gasteiger partial charge in [0.05, 0.1) is 10.4 Å². The third-order valence-corrected chi connectivity index (χ3v) is 7.06. The van der Waals surface area contributed by atoms with E-state index in [0.29, 0.717) is 22.2 Å². The number of rotatable bonds is 5. The van der Waals surface area contributed by atoms with E-state index < -0.39 is 10.0 Å². The van der Waals surface area contributed by atoms with Gasteiger partial charge in [-0.1, -0.05) is 42.0 Å². The van der Waals surface area contributed by atoms with Gasteiger partial charge in [-0.15, -0.1) is 0 Å². The smallest absolute Gasteiger partial charge is 0.263 e. The van der Waals surface area contributed by atoms with Gasteiger partial charge in [-0.2, -0.15) is 0 Å². The first kappa shape index (κ1) is 21.7. The Bertz CT molecular complexity index is 1450. The third-order valence-electron chi connectivity index (χ3n) is 5.40. The first-order chi connectivity index (χ1) is 15.1. The maximum atomic E-state index is 13.0. The number of ketones is 1. The molecule has 0 radical (unpaired) electrons. The summed E-state index contributed by atoms with van der Waals surface area (Å²) >= 11 is 0. The van der Waals surface area contributed by atoms with E-state index in [4.69, 9.17) is 0 Å². The molecule has 32 heavy (non-hydrogen) atoms. The Balaban J connectivity index is 1.67. The summed E-state index contributed by atoms with van der Waals surface area (Å²) in [5.74, 6) is 0.286. The van der Waals surface area contributed by atoms with Gasteiger partial charge in [-0.3, -0.25) is 9.52 Å². The topological polar surface area (TPSA) is 76.1 Å². The van der Waals surface area contributed by atoms with Crippen LogP contribution in [0.2, 0.25) is 0 Å². The van der Waals surface area contributed by atoms with Crippen molar-refractivity contribution in [1.82, 2.24) is 4.98 Å². The Hall–Kier alpha value is -3.51. The highest BCUT2D eigenvalue weighted by Gasteiger charge is 2.20. The second-order valence-corrected chi connectivity index (χ2v) is 9.69. The van der Waals surface area contributed by atoms with Crippen LogP contribution in [-0.2, 0) is 10.0 Å². The summed E-state index contributed by atoms with van der Waals surface area (Å²) in [7, 11) is -3.77. The molecule has 0 fully saturated rings. The van der Waals surface area contributed by atoms with Gasteiger partial charge < -0.3 is 0 Å². The van der Waals surface area contributed by atoms with Gasteiger partial charge in [0.2, 0.25) is 0 Å². The Morgan fingerprint density at radius 1 is 0.844 bits per heavy atom. The van der Waals surface area contributed by atoms with Gasteiger partial charge in [0.25, 0.3) is 10.0 Å². The number of sulfonamides is 1. The lowest BCUT2D eigenvalue weighted by molar-refractivity contribution is 0.101. The molecular formula is C26H24N2O3S. The summed E-state index contributed by atoms with van der Waals surface area (Å²) in [4.78, 5) is 16.5. The maximum Gasteiger partial charge on any atom is 0.263 e. The fraction of sp³-hybridized carbons (Fsp3) is 0.154. The third kappa shape index (κ3) is 4.27. The molecule has 0 aliphatic carbocycles. The minimum Gasteiger partial charge on any atom is -0.295 e. The Kier molecular flexibility index (Phi) is 5.57. The minimum atomic E-state index is -3.77. The van der Waals surface area contributed by atoms with Crippen LogP contribution in [0.25, 0.3) is 22.0 Å². The van der Waals surface area contributed by atoms with E-state index >= 15 is 0 Å².